The third-order valence-corrected chi connectivity index (χ3v) is 4.34. The van der Waals surface area contributed by atoms with Gasteiger partial charge < -0.3 is 26.2 Å². The van der Waals surface area contributed by atoms with E-state index in [4.69, 9.17) is 15.9 Å². The number of hydrogen-bond donors (Lipinski definition) is 5. The highest BCUT2D eigenvalue weighted by molar-refractivity contribution is 6.06. The Hall–Kier alpha value is -4.33. The quantitative estimate of drug-likeness (QED) is 0.278. The summed E-state index contributed by atoms with van der Waals surface area (Å²) in [6, 6.07) is 22.4. The van der Waals surface area contributed by atoms with E-state index in [2.05, 4.69) is 10.6 Å². The number of guanidine groups is 1. The molecule has 0 spiro atoms. The molecule has 0 aliphatic carbocycles. The third-order valence-electron chi connectivity index (χ3n) is 4.34. The van der Waals surface area contributed by atoms with Crippen LogP contribution >= 0.6 is 0 Å². The maximum absolute atomic E-state index is 12.8. The third kappa shape index (κ3) is 6.07. The van der Waals surface area contributed by atoms with E-state index in [9.17, 15) is 14.7 Å². The molecule has 1 atom stereocenters. The number of carbonyl (C=O) groups is 2. The first-order chi connectivity index (χ1) is 14.9. The number of rotatable bonds is 8. The highest BCUT2D eigenvalue weighted by atomic mass is 16.5. The lowest BCUT2D eigenvalue weighted by Crippen LogP contribution is -2.21. The number of nitrogens with one attached hydrogen (secondary N) is 3. The Bertz CT molecular complexity index is 1090. The van der Waals surface area contributed by atoms with Crippen LogP contribution in [-0.4, -0.2) is 22.9 Å². The molecule has 0 saturated heterocycles. The molecule has 0 bridgehead atoms. The average Bonchev–Trinajstić information content (AvgIpc) is 2.74. The molecule has 3 rings (SSSR count). The van der Waals surface area contributed by atoms with Crippen LogP contribution in [0.5, 0.6) is 5.75 Å². The van der Waals surface area contributed by atoms with Crippen LogP contribution in [0.1, 0.15) is 28.4 Å². The molecule has 0 radical (unpaired) electrons. The normalized spacial score (nSPS) is 11.2. The molecule has 31 heavy (non-hydrogen) atoms. The number of carboxylic acid groups (broad SMARTS) is 1. The molecule has 0 heterocycles. The van der Waals surface area contributed by atoms with Crippen LogP contribution in [0.4, 0.5) is 11.4 Å². The Morgan fingerprint density at radius 1 is 0.968 bits per heavy atom. The van der Waals surface area contributed by atoms with Gasteiger partial charge in [0, 0.05) is 11.3 Å². The zero-order valence-electron chi connectivity index (χ0n) is 16.5. The van der Waals surface area contributed by atoms with Crippen molar-refractivity contribution in [3.05, 3.63) is 90.0 Å². The summed E-state index contributed by atoms with van der Waals surface area (Å²) >= 11 is 0. The first-order valence-electron chi connectivity index (χ1n) is 9.47. The summed E-state index contributed by atoms with van der Waals surface area (Å²) in [7, 11) is 0. The van der Waals surface area contributed by atoms with Crippen LogP contribution in [0.25, 0.3) is 0 Å². The van der Waals surface area contributed by atoms with Gasteiger partial charge in [0.15, 0.2) is 5.96 Å². The standard InChI is InChI=1S/C23H22N4O4/c24-23(25)26-17-10-6-9-16(13-17)22(30)27-18-11-4-5-12-19(18)31-20(14-21(28)29)15-7-2-1-3-8-15/h1-13,20H,14H2,(H,27,30)(H,28,29)(H4,24,25,26). The molecule has 0 aromatic heterocycles. The molecule has 1 unspecified atom stereocenters. The molecule has 0 fully saturated rings. The Labute approximate surface area is 179 Å². The maximum Gasteiger partial charge on any atom is 0.307 e. The fourth-order valence-corrected chi connectivity index (χ4v) is 2.97. The fourth-order valence-electron chi connectivity index (χ4n) is 2.97. The van der Waals surface area contributed by atoms with Crippen molar-refractivity contribution >= 4 is 29.2 Å². The monoisotopic (exact) mass is 418 g/mol. The van der Waals surface area contributed by atoms with E-state index < -0.39 is 18.0 Å². The number of para-hydroxylation sites is 2. The second-order valence-corrected chi connectivity index (χ2v) is 6.68. The van der Waals surface area contributed by atoms with Crippen molar-refractivity contribution in [3.8, 4) is 5.75 Å². The summed E-state index contributed by atoms with van der Waals surface area (Å²) in [5.74, 6) is -1.27. The molecule has 3 aromatic rings. The number of carboxylic acids is 1. The van der Waals surface area contributed by atoms with E-state index in [-0.39, 0.29) is 12.4 Å². The summed E-state index contributed by atoms with van der Waals surface area (Å²) in [5, 5.41) is 22.0. The van der Waals surface area contributed by atoms with Gasteiger partial charge >= 0.3 is 5.97 Å². The van der Waals surface area contributed by atoms with E-state index in [1.165, 1.54) is 0 Å². The number of nitrogens with two attached hydrogens (primary N) is 1. The van der Waals surface area contributed by atoms with Crippen molar-refractivity contribution in [2.45, 2.75) is 12.5 Å². The number of carbonyl (C=O) groups excluding carboxylic acids is 1. The second-order valence-electron chi connectivity index (χ2n) is 6.68. The lowest BCUT2D eigenvalue weighted by molar-refractivity contribution is -0.138. The van der Waals surface area contributed by atoms with Crippen LogP contribution in [-0.2, 0) is 4.79 Å². The van der Waals surface area contributed by atoms with E-state index in [0.29, 0.717) is 28.3 Å². The maximum atomic E-state index is 12.8. The van der Waals surface area contributed by atoms with Gasteiger partial charge in [0.25, 0.3) is 5.91 Å². The number of benzene rings is 3. The van der Waals surface area contributed by atoms with Gasteiger partial charge in [0.05, 0.1) is 12.1 Å². The summed E-state index contributed by atoms with van der Waals surface area (Å²) in [6.45, 7) is 0. The molecular weight excluding hydrogens is 396 g/mol. The van der Waals surface area contributed by atoms with Gasteiger partial charge in [-0.2, -0.15) is 0 Å². The highest BCUT2D eigenvalue weighted by Gasteiger charge is 2.19. The zero-order valence-corrected chi connectivity index (χ0v) is 16.5. The Morgan fingerprint density at radius 3 is 2.39 bits per heavy atom. The average molecular weight is 418 g/mol. The molecular formula is C23H22N4O4. The fraction of sp³-hybridized carbons (Fsp3) is 0.0870. The van der Waals surface area contributed by atoms with Gasteiger partial charge in [0.2, 0.25) is 0 Å². The van der Waals surface area contributed by atoms with Crippen molar-refractivity contribution in [3.63, 3.8) is 0 Å². The lowest BCUT2D eigenvalue weighted by Gasteiger charge is -2.20. The first-order valence-corrected chi connectivity index (χ1v) is 9.47. The molecule has 0 saturated carbocycles. The number of anilines is 2. The predicted molar refractivity (Wildman–Crippen MR) is 118 cm³/mol. The molecule has 3 aromatic carbocycles. The summed E-state index contributed by atoms with van der Waals surface area (Å²) in [6.07, 6.45) is -0.953. The minimum Gasteiger partial charge on any atom is -0.483 e. The van der Waals surface area contributed by atoms with Crippen LogP contribution in [0.15, 0.2) is 78.9 Å². The van der Waals surface area contributed by atoms with Gasteiger partial charge in [-0.1, -0.05) is 48.5 Å². The SMILES string of the molecule is N=C(N)Nc1cccc(C(=O)Nc2ccccc2OC(CC(=O)O)c2ccccc2)c1. The van der Waals surface area contributed by atoms with Gasteiger partial charge in [-0.3, -0.25) is 15.0 Å². The molecule has 1 amide bonds. The molecule has 8 heteroatoms. The van der Waals surface area contributed by atoms with Crippen molar-refractivity contribution in [2.75, 3.05) is 10.6 Å². The Morgan fingerprint density at radius 2 is 1.68 bits per heavy atom. The number of amides is 1. The largest absolute Gasteiger partial charge is 0.483 e. The number of hydrogen-bond acceptors (Lipinski definition) is 4. The number of ether oxygens (including phenoxy) is 1. The van der Waals surface area contributed by atoms with Crippen LogP contribution in [0.2, 0.25) is 0 Å². The smallest absolute Gasteiger partial charge is 0.307 e. The molecule has 158 valence electrons. The van der Waals surface area contributed by atoms with E-state index in [1.54, 1.807) is 60.7 Å². The van der Waals surface area contributed by atoms with Crippen molar-refractivity contribution in [1.82, 2.24) is 0 Å². The van der Waals surface area contributed by atoms with Gasteiger partial charge in [-0.15, -0.1) is 0 Å². The van der Waals surface area contributed by atoms with Crippen molar-refractivity contribution < 1.29 is 19.4 Å². The highest BCUT2D eigenvalue weighted by Crippen LogP contribution is 2.31. The van der Waals surface area contributed by atoms with Crippen molar-refractivity contribution in [1.29, 1.82) is 5.41 Å². The molecule has 0 aliphatic rings. The van der Waals surface area contributed by atoms with E-state index in [1.807, 2.05) is 18.2 Å². The van der Waals surface area contributed by atoms with E-state index >= 15 is 0 Å². The summed E-state index contributed by atoms with van der Waals surface area (Å²) < 4.78 is 6.00. The zero-order chi connectivity index (χ0) is 22.2. The minimum absolute atomic E-state index is 0.231. The summed E-state index contributed by atoms with van der Waals surface area (Å²) in [5.41, 5.74) is 7.32. The van der Waals surface area contributed by atoms with Crippen LogP contribution < -0.4 is 21.1 Å². The predicted octanol–water partition coefficient (Wildman–Crippen LogP) is 3.84. The molecule has 6 N–H and O–H groups in total. The Balaban J connectivity index is 1.82. The van der Waals surface area contributed by atoms with Crippen molar-refractivity contribution in [2.24, 2.45) is 5.73 Å². The van der Waals surface area contributed by atoms with Gasteiger partial charge in [0.1, 0.15) is 11.9 Å². The van der Waals surface area contributed by atoms with Crippen LogP contribution in [0.3, 0.4) is 0 Å². The van der Waals surface area contributed by atoms with Gasteiger partial charge in [-0.25, -0.2) is 0 Å². The van der Waals surface area contributed by atoms with Gasteiger partial charge in [-0.05, 0) is 35.9 Å². The van der Waals surface area contributed by atoms with E-state index in [0.717, 1.165) is 0 Å². The van der Waals surface area contributed by atoms with Crippen LogP contribution in [0, 0.1) is 5.41 Å². The number of aliphatic carboxylic acids is 1. The molecule has 8 nitrogen and oxygen atoms in total. The topological polar surface area (TPSA) is 138 Å². The summed E-state index contributed by atoms with van der Waals surface area (Å²) in [4.78, 5) is 24.1. The second kappa shape index (κ2) is 9.93. The lowest BCUT2D eigenvalue weighted by atomic mass is 10.1. The molecule has 0 aliphatic heterocycles. The first kappa shape index (κ1) is 21.4. The Kier molecular flexibility index (Phi) is 6.85. The minimum atomic E-state index is -0.995.